The van der Waals surface area contributed by atoms with Gasteiger partial charge in [-0.3, -0.25) is 4.79 Å². The predicted octanol–water partition coefficient (Wildman–Crippen LogP) is 3.31. The van der Waals surface area contributed by atoms with Gasteiger partial charge >= 0.3 is 5.97 Å². The molecule has 3 rings (SSSR count). The molecular weight excluding hydrogens is 410 g/mol. The van der Waals surface area contributed by atoms with E-state index in [4.69, 9.17) is 9.47 Å². The monoisotopic (exact) mass is 441 g/mol. The van der Waals surface area contributed by atoms with Crippen LogP contribution < -0.4 is 5.32 Å². The third kappa shape index (κ3) is 6.80. The number of esters is 1. The smallest absolute Gasteiger partial charge is 0.342 e. The molecule has 2 aliphatic rings. The van der Waals surface area contributed by atoms with Crippen LogP contribution in [-0.4, -0.2) is 46.5 Å². The van der Waals surface area contributed by atoms with Gasteiger partial charge in [0.2, 0.25) is 5.91 Å². The molecule has 1 aromatic carbocycles. The number of carbonyl (C=O) groups excluding carboxylic acids is 2. The molecule has 0 unspecified atom stereocenters. The molecule has 7 nitrogen and oxygen atoms in total. The molecule has 2 aliphatic heterocycles. The highest BCUT2D eigenvalue weighted by Crippen LogP contribution is 2.32. The first kappa shape index (κ1) is 23.8. The molecule has 0 radical (unpaired) electrons. The minimum absolute atomic E-state index is 0.133. The Hall–Kier alpha value is -2.90. The van der Waals surface area contributed by atoms with Crippen molar-refractivity contribution in [1.29, 1.82) is 0 Å². The molecule has 32 heavy (non-hydrogen) atoms. The van der Waals surface area contributed by atoms with Crippen LogP contribution in [0.3, 0.4) is 0 Å². The Kier molecular flexibility index (Phi) is 8.64. The average molecular weight is 442 g/mol. The number of aliphatic hydroxyl groups is 1. The molecule has 0 aromatic heterocycles. The molecule has 1 amide bonds. The van der Waals surface area contributed by atoms with E-state index in [0.717, 1.165) is 6.42 Å². The lowest BCUT2D eigenvalue weighted by atomic mass is 9.91. The van der Waals surface area contributed by atoms with Crippen molar-refractivity contribution in [3.8, 4) is 5.75 Å². The van der Waals surface area contributed by atoms with E-state index in [1.54, 1.807) is 24.3 Å². The number of ether oxygens (including phenoxy) is 2. The van der Waals surface area contributed by atoms with Gasteiger partial charge < -0.3 is 25.0 Å². The third-order valence-corrected chi connectivity index (χ3v) is 5.51. The van der Waals surface area contributed by atoms with Gasteiger partial charge in [0, 0.05) is 25.1 Å². The molecule has 0 spiro atoms. The molecule has 4 atom stereocenters. The normalized spacial score (nSPS) is 26.2. The molecule has 1 fully saturated rings. The van der Waals surface area contributed by atoms with Gasteiger partial charge in [-0.2, -0.15) is 0 Å². The molecule has 0 saturated carbocycles. The zero-order valence-corrected chi connectivity index (χ0v) is 18.3. The maximum Gasteiger partial charge on any atom is 0.342 e. The maximum atomic E-state index is 12.9. The lowest BCUT2D eigenvalue weighted by Crippen LogP contribution is -2.40. The van der Waals surface area contributed by atoms with E-state index in [2.05, 4.69) is 5.32 Å². The van der Waals surface area contributed by atoms with Crippen molar-refractivity contribution in [2.45, 2.75) is 69.9 Å². The Bertz CT molecular complexity index is 890. The molecule has 7 heteroatoms. The van der Waals surface area contributed by atoms with Gasteiger partial charge in [-0.25, -0.2) is 4.79 Å². The number of rotatable bonds is 6. The Morgan fingerprint density at radius 2 is 2.00 bits per heavy atom. The molecular formula is C25H31NO6. The number of aliphatic hydroxyl groups excluding tert-OH is 1. The van der Waals surface area contributed by atoms with Gasteiger partial charge in [0.15, 0.2) is 0 Å². The number of nitrogens with one attached hydrogen (secondary N) is 1. The highest BCUT2D eigenvalue weighted by Gasteiger charge is 2.34. The summed E-state index contributed by atoms with van der Waals surface area (Å²) in [6, 6.07) is 4.91. The quantitative estimate of drug-likeness (QED) is 0.355. The SMILES string of the molecule is CC/C=C\C=C/C(=O)N/C=C/C[C@H]1C[C@H]2C[C@@H](O)C[C@H](Cc3cccc(O)c3C(=O)O1)O2. The number of allylic oxidation sites excluding steroid dienone is 3. The van der Waals surface area contributed by atoms with Crippen LogP contribution in [0.25, 0.3) is 0 Å². The zero-order chi connectivity index (χ0) is 22.9. The fourth-order valence-electron chi connectivity index (χ4n) is 4.07. The van der Waals surface area contributed by atoms with Gasteiger partial charge in [0.1, 0.15) is 17.4 Å². The van der Waals surface area contributed by atoms with E-state index in [1.165, 1.54) is 18.3 Å². The van der Waals surface area contributed by atoms with Crippen LogP contribution in [0.1, 0.15) is 54.9 Å². The number of phenols is 1. The molecule has 1 saturated heterocycles. The van der Waals surface area contributed by atoms with Gasteiger partial charge in [-0.1, -0.05) is 43.4 Å². The largest absolute Gasteiger partial charge is 0.507 e. The summed E-state index contributed by atoms with van der Waals surface area (Å²) < 4.78 is 11.9. The van der Waals surface area contributed by atoms with Crippen LogP contribution in [0, 0.1) is 0 Å². The highest BCUT2D eigenvalue weighted by molar-refractivity contribution is 5.94. The summed E-state index contributed by atoms with van der Waals surface area (Å²) in [5, 5.41) is 23.2. The first-order chi connectivity index (χ1) is 15.5. The molecule has 2 heterocycles. The number of cyclic esters (lactones) is 1. The van der Waals surface area contributed by atoms with Gasteiger partial charge in [0.05, 0.1) is 18.3 Å². The van der Waals surface area contributed by atoms with Crippen molar-refractivity contribution in [1.82, 2.24) is 5.32 Å². The van der Waals surface area contributed by atoms with E-state index in [9.17, 15) is 19.8 Å². The lowest BCUT2D eigenvalue weighted by molar-refractivity contribution is -0.115. The van der Waals surface area contributed by atoms with Crippen LogP contribution >= 0.6 is 0 Å². The number of hydrogen-bond acceptors (Lipinski definition) is 6. The first-order valence-corrected chi connectivity index (χ1v) is 11.1. The summed E-state index contributed by atoms with van der Waals surface area (Å²) >= 11 is 0. The Labute approximate surface area is 188 Å². The van der Waals surface area contributed by atoms with Crippen molar-refractivity contribution in [2.75, 3.05) is 0 Å². The third-order valence-electron chi connectivity index (χ3n) is 5.51. The van der Waals surface area contributed by atoms with Crippen molar-refractivity contribution in [3.05, 3.63) is 65.9 Å². The number of phenolic OH excluding ortho intramolecular Hbond substituents is 1. The second kappa shape index (κ2) is 11.6. The Morgan fingerprint density at radius 3 is 2.81 bits per heavy atom. The summed E-state index contributed by atoms with van der Waals surface area (Å²) in [7, 11) is 0. The Balaban J connectivity index is 1.70. The second-order valence-corrected chi connectivity index (χ2v) is 8.13. The molecule has 1 aromatic rings. The summed E-state index contributed by atoms with van der Waals surface area (Å²) in [6.45, 7) is 2.01. The van der Waals surface area contributed by atoms with E-state index in [1.807, 2.05) is 19.1 Å². The van der Waals surface area contributed by atoms with Crippen molar-refractivity contribution >= 4 is 11.9 Å². The zero-order valence-electron chi connectivity index (χ0n) is 18.3. The summed E-state index contributed by atoms with van der Waals surface area (Å²) in [5.41, 5.74) is 0.780. The van der Waals surface area contributed by atoms with Crippen molar-refractivity contribution in [2.24, 2.45) is 0 Å². The van der Waals surface area contributed by atoms with Gasteiger partial charge in [0.25, 0.3) is 0 Å². The molecule has 172 valence electrons. The van der Waals surface area contributed by atoms with Crippen LogP contribution in [0.15, 0.2) is 54.8 Å². The van der Waals surface area contributed by atoms with E-state index < -0.39 is 18.2 Å². The van der Waals surface area contributed by atoms with E-state index >= 15 is 0 Å². The van der Waals surface area contributed by atoms with Crippen LogP contribution in [-0.2, 0) is 20.7 Å². The summed E-state index contributed by atoms with van der Waals surface area (Å²) in [4.78, 5) is 24.7. The number of aromatic hydroxyl groups is 1. The first-order valence-electron chi connectivity index (χ1n) is 11.1. The second-order valence-electron chi connectivity index (χ2n) is 8.13. The van der Waals surface area contributed by atoms with Crippen molar-refractivity contribution in [3.63, 3.8) is 0 Å². The topological polar surface area (TPSA) is 105 Å². The molecule has 2 bridgehead atoms. The minimum Gasteiger partial charge on any atom is -0.507 e. The number of fused-ring (bicyclic) bond motifs is 3. The van der Waals surface area contributed by atoms with E-state index in [-0.39, 0.29) is 29.4 Å². The highest BCUT2D eigenvalue weighted by atomic mass is 16.5. The van der Waals surface area contributed by atoms with Crippen LogP contribution in [0.4, 0.5) is 0 Å². The maximum absolute atomic E-state index is 12.9. The number of amides is 1. The van der Waals surface area contributed by atoms with Crippen LogP contribution in [0.2, 0.25) is 0 Å². The minimum atomic E-state index is -0.577. The van der Waals surface area contributed by atoms with E-state index in [0.29, 0.717) is 37.7 Å². The van der Waals surface area contributed by atoms with Crippen LogP contribution in [0.5, 0.6) is 5.75 Å². The number of benzene rings is 1. The summed E-state index contributed by atoms with van der Waals surface area (Å²) in [6.07, 6.45) is 11.7. The fourth-order valence-corrected chi connectivity index (χ4v) is 4.07. The number of carbonyl (C=O) groups is 2. The van der Waals surface area contributed by atoms with Gasteiger partial charge in [-0.05, 0) is 37.3 Å². The van der Waals surface area contributed by atoms with Gasteiger partial charge in [-0.15, -0.1) is 0 Å². The van der Waals surface area contributed by atoms with Crippen molar-refractivity contribution < 1.29 is 29.3 Å². The lowest BCUT2D eigenvalue weighted by Gasteiger charge is -2.36. The standard InChI is InChI=1S/C25H31NO6/c1-2-3-4-5-11-23(29)26-12-7-9-19-16-21-15-18(27)14-20(31-21)13-17-8-6-10-22(28)24(17)25(30)32-19/h3-8,10-12,18-21,27-28H,2,9,13-16H2,1H3,(H,26,29)/b4-3-,11-5-,12-7+/t18-,19-,20-,21+/m0/s1. The Morgan fingerprint density at radius 1 is 1.19 bits per heavy atom. The number of hydrogen-bond donors (Lipinski definition) is 3. The molecule has 3 N–H and O–H groups in total. The fraction of sp³-hybridized carbons (Fsp3) is 0.440. The molecule has 0 aliphatic carbocycles. The summed E-state index contributed by atoms with van der Waals surface area (Å²) in [5.74, 6) is -0.969. The average Bonchev–Trinajstić information content (AvgIpc) is 2.73. The predicted molar refractivity (Wildman–Crippen MR) is 120 cm³/mol.